The summed E-state index contributed by atoms with van der Waals surface area (Å²) in [6, 6.07) is 16.4. The number of hydrogen-bond donors (Lipinski definition) is 5. The fourth-order valence-electron chi connectivity index (χ4n) is 5.50. The van der Waals surface area contributed by atoms with Gasteiger partial charge in [-0.05, 0) is 55.0 Å². The number of rotatable bonds is 11. The lowest BCUT2D eigenvalue weighted by Gasteiger charge is -2.28. The van der Waals surface area contributed by atoms with Crippen LogP contribution in [0.5, 0.6) is 0 Å². The number of amides is 3. The van der Waals surface area contributed by atoms with E-state index in [1.54, 1.807) is 48.5 Å². The maximum atomic E-state index is 13.4. The Hall–Kier alpha value is -5.17. The molecule has 1 fully saturated rings. The Labute approximate surface area is 258 Å². The monoisotopic (exact) mass is 613 g/mol. The molecule has 1 saturated carbocycles. The number of benzene rings is 2. The minimum Gasteiger partial charge on any atom is -0.445 e. The van der Waals surface area contributed by atoms with E-state index in [-0.39, 0.29) is 18.2 Å². The lowest BCUT2D eigenvalue weighted by atomic mass is 9.84. The number of aromatic nitrogens is 4. The van der Waals surface area contributed by atoms with E-state index >= 15 is 0 Å². The highest BCUT2D eigenvalue weighted by Gasteiger charge is 2.30. The Kier molecular flexibility index (Phi) is 10.1. The average molecular weight is 614 g/mol. The van der Waals surface area contributed by atoms with E-state index < -0.39 is 41.1 Å². The first-order valence-corrected chi connectivity index (χ1v) is 14.9. The van der Waals surface area contributed by atoms with Gasteiger partial charge < -0.3 is 25.5 Å². The zero-order valence-electron chi connectivity index (χ0n) is 24.7. The molecule has 2 aromatic heterocycles. The molecule has 234 valence electrons. The van der Waals surface area contributed by atoms with Crippen molar-refractivity contribution in [3.8, 4) is 11.4 Å². The molecule has 13 heteroatoms. The number of aliphatic hydroxyl groups is 1. The van der Waals surface area contributed by atoms with E-state index in [0.29, 0.717) is 23.0 Å². The summed E-state index contributed by atoms with van der Waals surface area (Å²) in [6.07, 6.45) is 3.78. The molecular formula is C32H35N7O6. The van der Waals surface area contributed by atoms with Gasteiger partial charge in [0.2, 0.25) is 5.82 Å². The second-order valence-corrected chi connectivity index (χ2v) is 11.2. The molecule has 4 aromatic rings. The molecule has 2 aromatic carbocycles. The molecule has 3 atom stereocenters. The Bertz CT molecular complexity index is 1670. The lowest BCUT2D eigenvalue weighted by Crippen LogP contribution is -2.50. The van der Waals surface area contributed by atoms with Gasteiger partial charge in [-0.15, -0.1) is 10.2 Å². The number of H-pyrrole nitrogens is 1. The highest BCUT2D eigenvalue weighted by molar-refractivity contribution is 5.97. The van der Waals surface area contributed by atoms with Crippen LogP contribution in [0, 0.1) is 5.92 Å². The molecule has 0 aliphatic heterocycles. The van der Waals surface area contributed by atoms with Gasteiger partial charge in [-0.1, -0.05) is 61.7 Å². The Morgan fingerprint density at radius 1 is 0.956 bits per heavy atom. The predicted molar refractivity (Wildman–Crippen MR) is 164 cm³/mol. The summed E-state index contributed by atoms with van der Waals surface area (Å²) in [6.45, 7) is 1.92. The predicted octanol–water partition coefficient (Wildman–Crippen LogP) is 2.86. The summed E-state index contributed by atoms with van der Waals surface area (Å²) in [5.41, 5.74) is 1.08. The van der Waals surface area contributed by atoms with Crippen LogP contribution in [0.15, 0.2) is 75.9 Å². The van der Waals surface area contributed by atoms with E-state index in [1.807, 2.05) is 13.0 Å². The van der Waals surface area contributed by atoms with Gasteiger partial charge in [-0.3, -0.25) is 19.2 Å². The number of carbonyl (C=O) groups excluding carboxylic acids is 3. The van der Waals surface area contributed by atoms with Crippen LogP contribution in [-0.4, -0.2) is 61.6 Å². The van der Waals surface area contributed by atoms with Crippen LogP contribution in [0.25, 0.3) is 11.4 Å². The number of aromatic amines is 1. The van der Waals surface area contributed by atoms with Crippen molar-refractivity contribution in [1.29, 1.82) is 0 Å². The normalized spacial score (nSPS) is 15.4. The van der Waals surface area contributed by atoms with Crippen molar-refractivity contribution < 1.29 is 23.9 Å². The largest absolute Gasteiger partial charge is 0.445 e. The van der Waals surface area contributed by atoms with Crippen LogP contribution in [0.3, 0.4) is 0 Å². The van der Waals surface area contributed by atoms with Crippen molar-refractivity contribution in [2.75, 3.05) is 5.32 Å². The zero-order chi connectivity index (χ0) is 31.8. The van der Waals surface area contributed by atoms with Gasteiger partial charge >= 0.3 is 0 Å². The summed E-state index contributed by atoms with van der Waals surface area (Å²) in [5.74, 6) is -2.31. The van der Waals surface area contributed by atoms with Crippen LogP contribution in [0.1, 0.15) is 65.7 Å². The second-order valence-electron chi connectivity index (χ2n) is 11.2. The third-order valence-corrected chi connectivity index (χ3v) is 7.93. The molecule has 0 unspecified atom stereocenters. The fourth-order valence-corrected chi connectivity index (χ4v) is 5.50. The van der Waals surface area contributed by atoms with Crippen LogP contribution < -0.4 is 21.4 Å². The number of nitrogens with zero attached hydrogens (tertiary/aromatic N) is 3. The summed E-state index contributed by atoms with van der Waals surface area (Å²) in [7, 11) is 0. The van der Waals surface area contributed by atoms with Gasteiger partial charge in [0.05, 0.1) is 6.04 Å². The summed E-state index contributed by atoms with van der Waals surface area (Å²) in [5, 5.41) is 33.1. The summed E-state index contributed by atoms with van der Waals surface area (Å²) < 4.78 is 5.58. The molecule has 0 saturated heterocycles. The Morgan fingerprint density at radius 3 is 2.36 bits per heavy atom. The lowest BCUT2D eigenvalue weighted by molar-refractivity contribution is -0.125. The average Bonchev–Trinajstić information content (AvgIpc) is 3.60. The first kappa shape index (κ1) is 31.3. The molecule has 0 radical (unpaired) electrons. The topological polar surface area (TPSA) is 192 Å². The number of tetrazole rings is 1. The van der Waals surface area contributed by atoms with Gasteiger partial charge in [0.15, 0.2) is 23.1 Å². The summed E-state index contributed by atoms with van der Waals surface area (Å²) >= 11 is 0. The van der Waals surface area contributed by atoms with E-state index in [9.17, 15) is 24.3 Å². The van der Waals surface area contributed by atoms with Crippen molar-refractivity contribution in [3.05, 3.63) is 94.0 Å². The van der Waals surface area contributed by atoms with Gasteiger partial charge in [-0.2, -0.15) is 5.21 Å². The minimum atomic E-state index is -1.71. The van der Waals surface area contributed by atoms with E-state index in [0.717, 1.165) is 43.4 Å². The third-order valence-electron chi connectivity index (χ3n) is 7.93. The molecular weight excluding hydrogens is 578 g/mol. The fraction of sp³-hybridized carbons (Fsp3) is 0.344. The molecule has 0 spiro atoms. The molecule has 1 aliphatic carbocycles. The van der Waals surface area contributed by atoms with Crippen molar-refractivity contribution in [3.63, 3.8) is 0 Å². The highest BCUT2D eigenvalue weighted by Crippen LogP contribution is 2.26. The molecule has 5 rings (SSSR count). The molecule has 1 aliphatic rings. The van der Waals surface area contributed by atoms with Gasteiger partial charge in [0.25, 0.3) is 17.7 Å². The van der Waals surface area contributed by atoms with Crippen LogP contribution in [-0.2, 0) is 11.2 Å². The maximum absolute atomic E-state index is 13.4. The molecule has 5 N–H and O–H groups in total. The van der Waals surface area contributed by atoms with Crippen LogP contribution in [0.4, 0.5) is 5.69 Å². The standard InChI is InChI=1S/C32H35N7O6/c1-19(21-11-6-3-7-12-21)33-30(42)26-17-24(40)18-27(45-26)31(43)35-25(15-20-9-4-2-5-10-20)28(41)32(44)34-23-14-8-13-22(16-23)29-36-38-39-37-29/h2,4-5,8-10,13-14,16-19,21,25,28,41H,3,6-7,11-12,15H2,1H3,(H,33,42)(H,34,44)(H,35,43)(H,36,37,38,39)/t19-,25+,28+/m1/s1. The smallest absolute Gasteiger partial charge is 0.287 e. The molecule has 2 heterocycles. The SMILES string of the molecule is C[C@@H](NC(=O)c1cc(=O)cc(C(=O)N[C@@H](Cc2ccccc2)[C@H](O)C(=O)Nc2cccc(-c3nn[nH]n3)c2)o1)C1CCCCC1. The molecule has 45 heavy (non-hydrogen) atoms. The molecule has 3 amide bonds. The first-order chi connectivity index (χ1) is 21.8. The van der Waals surface area contributed by atoms with Gasteiger partial charge in [0.1, 0.15) is 0 Å². The van der Waals surface area contributed by atoms with Gasteiger partial charge in [0, 0.05) is 29.4 Å². The maximum Gasteiger partial charge on any atom is 0.287 e. The van der Waals surface area contributed by atoms with Gasteiger partial charge in [-0.25, -0.2) is 0 Å². The van der Waals surface area contributed by atoms with Crippen molar-refractivity contribution in [2.45, 2.75) is 63.6 Å². The highest BCUT2D eigenvalue weighted by atomic mass is 16.4. The summed E-state index contributed by atoms with van der Waals surface area (Å²) in [4.78, 5) is 52.0. The Morgan fingerprint density at radius 2 is 1.67 bits per heavy atom. The van der Waals surface area contributed by atoms with Crippen LogP contribution >= 0.6 is 0 Å². The third kappa shape index (κ3) is 8.26. The van der Waals surface area contributed by atoms with Crippen molar-refractivity contribution in [2.24, 2.45) is 5.92 Å². The van der Waals surface area contributed by atoms with Crippen molar-refractivity contribution in [1.82, 2.24) is 31.3 Å². The number of aliphatic hydroxyl groups excluding tert-OH is 1. The molecule has 0 bridgehead atoms. The zero-order valence-corrected chi connectivity index (χ0v) is 24.7. The number of nitrogens with one attached hydrogen (secondary N) is 4. The minimum absolute atomic E-state index is 0.0768. The van der Waals surface area contributed by atoms with Crippen molar-refractivity contribution >= 4 is 23.4 Å². The number of anilines is 1. The number of hydrogen-bond acceptors (Lipinski definition) is 9. The first-order valence-electron chi connectivity index (χ1n) is 14.9. The van der Waals surface area contributed by atoms with Crippen LogP contribution in [0.2, 0.25) is 0 Å². The quantitative estimate of drug-likeness (QED) is 0.169. The van der Waals surface area contributed by atoms with E-state index in [2.05, 4.69) is 36.6 Å². The van der Waals surface area contributed by atoms with E-state index in [1.165, 1.54) is 6.42 Å². The number of carbonyl (C=O) groups is 3. The second kappa shape index (κ2) is 14.5. The van der Waals surface area contributed by atoms with E-state index in [4.69, 9.17) is 4.42 Å². The molecule has 13 nitrogen and oxygen atoms in total. The Balaban J connectivity index is 1.31.